The highest BCUT2D eigenvalue weighted by Gasteiger charge is 2.31. The number of carbonyl (C=O) groups is 2. The summed E-state index contributed by atoms with van der Waals surface area (Å²) >= 11 is 0. The molecule has 4 rings (SSSR count). The van der Waals surface area contributed by atoms with Crippen LogP contribution in [0.3, 0.4) is 0 Å². The van der Waals surface area contributed by atoms with E-state index >= 15 is 0 Å². The number of hydrogen-bond acceptors (Lipinski definition) is 2. The van der Waals surface area contributed by atoms with Gasteiger partial charge < -0.3 is 14.7 Å². The van der Waals surface area contributed by atoms with Crippen molar-refractivity contribution in [3.63, 3.8) is 0 Å². The Labute approximate surface area is 179 Å². The van der Waals surface area contributed by atoms with Crippen molar-refractivity contribution in [1.29, 1.82) is 0 Å². The first-order chi connectivity index (χ1) is 14.6. The van der Waals surface area contributed by atoms with Crippen LogP contribution in [0.1, 0.15) is 31.2 Å². The van der Waals surface area contributed by atoms with Crippen LogP contribution in [-0.4, -0.2) is 59.9 Å². The fraction of sp³-hybridized carbons (Fsp3) is 0.440. The average Bonchev–Trinajstić information content (AvgIpc) is 3.34. The number of rotatable bonds is 4. The minimum absolute atomic E-state index is 0.00140. The smallest absolute Gasteiger partial charge is 0.319 e. The third kappa shape index (κ3) is 4.50. The zero-order valence-electron chi connectivity index (χ0n) is 17.8. The summed E-state index contributed by atoms with van der Waals surface area (Å²) in [6.07, 6.45) is 3.72. The van der Waals surface area contributed by atoms with E-state index in [2.05, 4.69) is 24.3 Å². The van der Waals surface area contributed by atoms with Gasteiger partial charge in [-0.15, -0.1) is 0 Å². The quantitative estimate of drug-likeness (QED) is 0.764. The van der Waals surface area contributed by atoms with Crippen LogP contribution in [0.2, 0.25) is 0 Å². The lowest BCUT2D eigenvalue weighted by Crippen LogP contribution is -2.47. The van der Waals surface area contributed by atoms with Crippen LogP contribution in [0.25, 0.3) is 11.1 Å². The summed E-state index contributed by atoms with van der Waals surface area (Å²) in [6, 6.07) is 18.8. The maximum Gasteiger partial charge on any atom is 0.319 e. The molecule has 0 saturated carbocycles. The van der Waals surface area contributed by atoms with Crippen molar-refractivity contribution in [2.45, 2.75) is 32.2 Å². The molecule has 5 nitrogen and oxygen atoms in total. The monoisotopic (exact) mass is 405 g/mol. The summed E-state index contributed by atoms with van der Waals surface area (Å²) < 4.78 is 0. The number of urea groups is 1. The molecule has 158 valence electrons. The number of likely N-dealkylation sites (tertiary alicyclic amines) is 2. The number of piperidine rings is 1. The Morgan fingerprint density at radius 2 is 1.47 bits per heavy atom. The Hall–Kier alpha value is -2.82. The van der Waals surface area contributed by atoms with Gasteiger partial charge in [-0.1, -0.05) is 54.6 Å². The minimum Gasteiger partial charge on any atom is -0.341 e. The standard InChI is InChI=1S/C25H31N3O2/c1-26(19-22-11-5-6-12-23(22)20-9-3-2-4-10-20)24(29)21-13-17-28(18-14-21)25(30)27-15-7-8-16-27/h2-6,9-12,21H,7-8,13-19H2,1H3. The molecular weight excluding hydrogens is 374 g/mol. The topological polar surface area (TPSA) is 43.9 Å². The van der Waals surface area contributed by atoms with E-state index in [4.69, 9.17) is 0 Å². The molecule has 2 heterocycles. The van der Waals surface area contributed by atoms with E-state index in [9.17, 15) is 9.59 Å². The van der Waals surface area contributed by atoms with Crippen LogP contribution in [0.5, 0.6) is 0 Å². The van der Waals surface area contributed by atoms with Crippen LogP contribution in [0, 0.1) is 5.92 Å². The maximum atomic E-state index is 13.1. The minimum atomic E-state index is 0.00140. The number of nitrogens with zero attached hydrogens (tertiary/aromatic N) is 3. The highest BCUT2D eigenvalue weighted by atomic mass is 16.2. The van der Waals surface area contributed by atoms with E-state index in [0.717, 1.165) is 44.3 Å². The molecule has 5 heteroatoms. The second kappa shape index (κ2) is 9.33. The van der Waals surface area contributed by atoms with Crippen LogP contribution < -0.4 is 0 Å². The summed E-state index contributed by atoms with van der Waals surface area (Å²) in [5.74, 6) is 0.188. The van der Waals surface area contributed by atoms with Gasteiger partial charge in [-0.05, 0) is 42.4 Å². The van der Waals surface area contributed by atoms with Gasteiger partial charge in [-0.25, -0.2) is 4.79 Å². The molecule has 30 heavy (non-hydrogen) atoms. The number of hydrogen-bond donors (Lipinski definition) is 0. The fourth-order valence-electron chi connectivity index (χ4n) is 4.63. The second-order valence-corrected chi connectivity index (χ2v) is 8.46. The molecule has 0 radical (unpaired) electrons. The SMILES string of the molecule is CN(Cc1ccccc1-c1ccccc1)C(=O)C1CCN(C(=O)N2CCCC2)CC1. The molecule has 2 aromatic rings. The summed E-state index contributed by atoms with van der Waals surface area (Å²) in [5, 5.41) is 0. The normalized spacial score (nSPS) is 17.2. The largest absolute Gasteiger partial charge is 0.341 e. The Morgan fingerprint density at radius 1 is 0.867 bits per heavy atom. The number of benzene rings is 2. The van der Waals surface area contributed by atoms with E-state index in [1.54, 1.807) is 0 Å². The lowest BCUT2D eigenvalue weighted by molar-refractivity contribution is -0.136. The van der Waals surface area contributed by atoms with Gasteiger partial charge in [0.2, 0.25) is 5.91 Å². The molecule has 0 aromatic heterocycles. The Bertz CT molecular complexity index is 869. The van der Waals surface area contributed by atoms with Crippen molar-refractivity contribution in [3.05, 3.63) is 60.2 Å². The van der Waals surface area contributed by atoms with E-state index < -0.39 is 0 Å². The molecule has 0 unspecified atom stereocenters. The second-order valence-electron chi connectivity index (χ2n) is 8.46. The van der Waals surface area contributed by atoms with E-state index in [0.29, 0.717) is 19.6 Å². The fourth-order valence-corrected chi connectivity index (χ4v) is 4.63. The molecule has 2 aromatic carbocycles. The van der Waals surface area contributed by atoms with Crippen LogP contribution in [0.15, 0.2) is 54.6 Å². The molecule has 2 aliphatic rings. The van der Waals surface area contributed by atoms with Crippen molar-refractivity contribution < 1.29 is 9.59 Å². The van der Waals surface area contributed by atoms with Gasteiger partial charge in [-0.3, -0.25) is 4.79 Å². The van der Waals surface area contributed by atoms with Crippen molar-refractivity contribution in [1.82, 2.24) is 14.7 Å². The Balaban J connectivity index is 1.36. The van der Waals surface area contributed by atoms with Crippen LogP contribution >= 0.6 is 0 Å². The molecule has 2 saturated heterocycles. The molecule has 3 amide bonds. The Kier molecular flexibility index (Phi) is 6.36. The summed E-state index contributed by atoms with van der Waals surface area (Å²) in [5.41, 5.74) is 3.49. The molecule has 0 atom stereocenters. The van der Waals surface area contributed by atoms with E-state index in [1.165, 1.54) is 11.1 Å². The van der Waals surface area contributed by atoms with Crippen molar-refractivity contribution in [3.8, 4) is 11.1 Å². The lowest BCUT2D eigenvalue weighted by atomic mass is 9.94. The van der Waals surface area contributed by atoms with Gasteiger partial charge in [0.05, 0.1) is 0 Å². The first-order valence-corrected chi connectivity index (χ1v) is 11.1. The molecule has 0 spiro atoms. The van der Waals surface area contributed by atoms with E-state index in [-0.39, 0.29) is 17.9 Å². The Morgan fingerprint density at radius 3 is 2.17 bits per heavy atom. The molecule has 2 fully saturated rings. The third-order valence-corrected chi connectivity index (χ3v) is 6.38. The molecule has 0 N–H and O–H groups in total. The first kappa shape index (κ1) is 20.5. The van der Waals surface area contributed by atoms with Gasteiger partial charge in [0.25, 0.3) is 0 Å². The predicted octanol–water partition coefficient (Wildman–Crippen LogP) is 4.24. The van der Waals surface area contributed by atoms with Crippen molar-refractivity contribution in [2.24, 2.45) is 5.92 Å². The van der Waals surface area contributed by atoms with Gasteiger partial charge in [-0.2, -0.15) is 0 Å². The molecule has 2 aliphatic heterocycles. The van der Waals surface area contributed by atoms with Gasteiger partial charge in [0.1, 0.15) is 0 Å². The van der Waals surface area contributed by atoms with Crippen molar-refractivity contribution >= 4 is 11.9 Å². The van der Waals surface area contributed by atoms with Gasteiger partial charge >= 0.3 is 6.03 Å². The zero-order valence-corrected chi connectivity index (χ0v) is 17.8. The van der Waals surface area contributed by atoms with Gasteiger partial charge in [0, 0.05) is 45.7 Å². The highest BCUT2D eigenvalue weighted by molar-refractivity contribution is 5.80. The number of carbonyl (C=O) groups excluding carboxylic acids is 2. The lowest BCUT2D eigenvalue weighted by Gasteiger charge is -2.35. The van der Waals surface area contributed by atoms with E-state index in [1.807, 2.05) is 52.1 Å². The van der Waals surface area contributed by atoms with Crippen molar-refractivity contribution in [2.75, 3.05) is 33.2 Å². The predicted molar refractivity (Wildman–Crippen MR) is 119 cm³/mol. The third-order valence-electron chi connectivity index (χ3n) is 6.38. The molecule has 0 bridgehead atoms. The van der Waals surface area contributed by atoms with Crippen LogP contribution in [-0.2, 0) is 11.3 Å². The molecular formula is C25H31N3O2. The summed E-state index contributed by atoms with van der Waals surface area (Å²) in [6.45, 7) is 3.71. The highest BCUT2D eigenvalue weighted by Crippen LogP contribution is 2.26. The number of amides is 3. The maximum absolute atomic E-state index is 13.1. The first-order valence-electron chi connectivity index (χ1n) is 11.1. The van der Waals surface area contributed by atoms with Gasteiger partial charge in [0.15, 0.2) is 0 Å². The summed E-state index contributed by atoms with van der Waals surface area (Å²) in [4.78, 5) is 31.4. The molecule has 0 aliphatic carbocycles. The van der Waals surface area contributed by atoms with Crippen LogP contribution in [0.4, 0.5) is 4.79 Å². The zero-order chi connectivity index (χ0) is 20.9. The average molecular weight is 406 g/mol. The summed E-state index contributed by atoms with van der Waals surface area (Å²) in [7, 11) is 1.89.